The molecule has 1 aliphatic carbocycles. The van der Waals surface area contributed by atoms with Crippen LogP contribution in [0, 0.1) is 10.1 Å². The zero-order valence-corrected chi connectivity index (χ0v) is 13.8. The second-order valence-corrected chi connectivity index (χ2v) is 6.49. The van der Waals surface area contributed by atoms with Gasteiger partial charge in [0.1, 0.15) is 5.54 Å². The lowest BCUT2D eigenvalue weighted by Gasteiger charge is -2.29. The minimum atomic E-state index is -0.922. The summed E-state index contributed by atoms with van der Waals surface area (Å²) in [5, 5.41) is 28.1. The minimum absolute atomic E-state index is 0.0203. The summed E-state index contributed by atoms with van der Waals surface area (Å²) in [7, 11) is 0. The fraction of sp³-hybridized carbons (Fsp3) is 0.400. The van der Waals surface area contributed by atoms with Crippen LogP contribution >= 0.6 is 11.6 Å². The first-order valence-corrected chi connectivity index (χ1v) is 8.09. The van der Waals surface area contributed by atoms with E-state index in [-0.39, 0.29) is 10.6 Å². The Morgan fingerprint density at radius 1 is 1.32 bits per heavy atom. The van der Waals surface area contributed by atoms with Crippen LogP contribution in [-0.4, -0.2) is 38.7 Å². The van der Waals surface area contributed by atoms with Gasteiger partial charge in [0, 0.05) is 16.7 Å². The Morgan fingerprint density at radius 3 is 2.64 bits per heavy atom. The van der Waals surface area contributed by atoms with Gasteiger partial charge < -0.3 is 10.4 Å². The molecule has 0 bridgehead atoms. The molecule has 0 atom stereocenters. The Hall–Kier alpha value is -2.68. The van der Waals surface area contributed by atoms with Crippen molar-refractivity contribution in [1.82, 2.24) is 10.3 Å². The second kappa shape index (κ2) is 6.32. The maximum absolute atomic E-state index is 12.6. The van der Waals surface area contributed by atoms with Crippen molar-refractivity contribution in [1.29, 1.82) is 0 Å². The van der Waals surface area contributed by atoms with Gasteiger partial charge >= 0.3 is 11.7 Å². The molecule has 1 saturated carbocycles. The molecule has 0 unspecified atom stereocenters. The lowest BCUT2D eigenvalue weighted by molar-refractivity contribution is -0.385. The van der Waals surface area contributed by atoms with E-state index >= 15 is 0 Å². The number of rotatable bonds is 3. The van der Waals surface area contributed by atoms with Crippen LogP contribution in [0.25, 0.3) is 0 Å². The number of aromatic hydroxyl groups is 1. The van der Waals surface area contributed by atoms with Crippen LogP contribution in [0.4, 0.5) is 10.5 Å². The van der Waals surface area contributed by atoms with Crippen molar-refractivity contribution >= 4 is 35.4 Å². The first kappa shape index (κ1) is 17.2. The van der Waals surface area contributed by atoms with Crippen molar-refractivity contribution < 1.29 is 19.6 Å². The van der Waals surface area contributed by atoms with Gasteiger partial charge in [-0.05, 0) is 18.9 Å². The van der Waals surface area contributed by atoms with Crippen molar-refractivity contribution in [2.24, 2.45) is 5.10 Å². The molecule has 132 valence electrons. The number of imide groups is 1. The number of carbonyl (C=O) groups excluding carboxylic acids is 2. The topological polar surface area (TPSA) is 125 Å². The predicted molar refractivity (Wildman–Crippen MR) is 88.6 cm³/mol. The standard InChI is InChI=1S/C15H15ClN4O5/c16-10-6-9(12(21)11(7-10)20(24)25)8-17-19-13(22)15(18-14(19)23)4-2-1-3-5-15/h6-8,21H,1-5H2,(H,18,23)/b17-8-. The third-order valence-electron chi connectivity index (χ3n) is 4.44. The molecule has 1 aromatic carbocycles. The van der Waals surface area contributed by atoms with E-state index in [1.165, 1.54) is 6.07 Å². The monoisotopic (exact) mass is 366 g/mol. The van der Waals surface area contributed by atoms with Gasteiger partial charge in [-0.2, -0.15) is 5.10 Å². The van der Waals surface area contributed by atoms with Gasteiger partial charge in [-0.15, -0.1) is 5.01 Å². The van der Waals surface area contributed by atoms with Crippen LogP contribution < -0.4 is 5.32 Å². The Kier molecular flexibility index (Phi) is 4.34. The van der Waals surface area contributed by atoms with Crippen molar-refractivity contribution in [2.75, 3.05) is 0 Å². The molecule has 2 aliphatic rings. The molecular formula is C15H15ClN4O5. The van der Waals surface area contributed by atoms with Crippen LogP contribution in [-0.2, 0) is 4.79 Å². The molecule has 10 heteroatoms. The predicted octanol–water partition coefficient (Wildman–Crippen LogP) is 2.54. The highest BCUT2D eigenvalue weighted by Crippen LogP contribution is 2.35. The molecule has 2 fully saturated rings. The molecule has 1 aromatic rings. The molecule has 0 radical (unpaired) electrons. The molecule has 3 amide bonds. The Balaban J connectivity index is 1.89. The quantitative estimate of drug-likeness (QED) is 0.368. The number of halogens is 1. The zero-order chi connectivity index (χ0) is 18.2. The lowest BCUT2D eigenvalue weighted by Crippen LogP contribution is -2.48. The van der Waals surface area contributed by atoms with Gasteiger partial charge in [0.05, 0.1) is 11.1 Å². The summed E-state index contributed by atoms with van der Waals surface area (Å²) in [4.78, 5) is 34.8. The number of benzene rings is 1. The molecule has 1 aliphatic heterocycles. The third kappa shape index (κ3) is 3.02. The molecule has 1 spiro atoms. The van der Waals surface area contributed by atoms with Crippen LogP contribution in [0.5, 0.6) is 5.75 Å². The molecule has 25 heavy (non-hydrogen) atoms. The van der Waals surface area contributed by atoms with Gasteiger partial charge in [-0.1, -0.05) is 30.9 Å². The SMILES string of the molecule is O=C1NC2(CCCCC2)C(=O)N1/N=C\c1cc(Cl)cc([N+](=O)[O-])c1O. The zero-order valence-electron chi connectivity index (χ0n) is 13.1. The maximum atomic E-state index is 12.6. The fourth-order valence-electron chi connectivity index (χ4n) is 3.17. The van der Waals surface area contributed by atoms with Gasteiger partial charge in [-0.3, -0.25) is 14.9 Å². The number of nitrogens with one attached hydrogen (secondary N) is 1. The van der Waals surface area contributed by atoms with E-state index in [1.807, 2.05) is 0 Å². The fourth-order valence-corrected chi connectivity index (χ4v) is 3.39. The van der Waals surface area contributed by atoms with Crippen molar-refractivity contribution in [3.63, 3.8) is 0 Å². The molecule has 0 aromatic heterocycles. The summed E-state index contributed by atoms with van der Waals surface area (Å²) < 4.78 is 0. The Bertz CT molecular complexity index is 788. The average Bonchev–Trinajstić information content (AvgIpc) is 2.79. The first-order valence-electron chi connectivity index (χ1n) is 7.72. The second-order valence-electron chi connectivity index (χ2n) is 6.05. The normalized spacial score (nSPS) is 19.6. The van der Waals surface area contributed by atoms with E-state index in [0.717, 1.165) is 31.5 Å². The number of nitrogens with zero attached hydrogens (tertiary/aromatic N) is 3. The number of amides is 3. The van der Waals surface area contributed by atoms with Crippen molar-refractivity contribution in [3.05, 3.63) is 32.8 Å². The van der Waals surface area contributed by atoms with Crippen LogP contribution in [0.2, 0.25) is 5.02 Å². The van der Waals surface area contributed by atoms with E-state index in [1.54, 1.807) is 0 Å². The van der Waals surface area contributed by atoms with E-state index in [2.05, 4.69) is 10.4 Å². The largest absolute Gasteiger partial charge is 0.502 e. The molecule has 3 rings (SSSR count). The molecule has 9 nitrogen and oxygen atoms in total. The minimum Gasteiger partial charge on any atom is -0.502 e. The number of hydrogen-bond acceptors (Lipinski definition) is 6. The number of nitro benzene ring substituents is 1. The summed E-state index contributed by atoms with van der Waals surface area (Å²) in [5.74, 6) is -1.10. The Morgan fingerprint density at radius 2 is 2.00 bits per heavy atom. The number of phenols is 1. The van der Waals surface area contributed by atoms with Crippen LogP contribution in [0.15, 0.2) is 17.2 Å². The average molecular weight is 367 g/mol. The molecule has 2 N–H and O–H groups in total. The summed E-state index contributed by atoms with van der Waals surface area (Å²) >= 11 is 5.80. The van der Waals surface area contributed by atoms with E-state index in [4.69, 9.17) is 11.6 Å². The van der Waals surface area contributed by atoms with Crippen LogP contribution in [0.1, 0.15) is 37.7 Å². The lowest BCUT2D eigenvalue weighted by atomic mass is 9.82. The van der Waals surface area contributed by atoms with Crippen molar-refractivity contribution in [2.45, 2.75) is 37.6 Å². The van der Waals surface area contributed by atoms with Gasteiger partial charge in [0.2, 0.25) is 5.75 Å². The van der Waals surface area contributed by atoms with Gasteiger partial charge in [0.15, 0.2) is 0 Å². The van der Waals surface area contributed by atoms with Crippen molar-refractivity contribution in [3.8, 4) is 5.75 Å². The third-order valence-corrected chi connectivity index (χ3v) is 4.66. The number of hydrogen-bond donors (Lipinski definition) is 2. The molecular weight excluding hydrogens is 352 g/mol. The smallest absolute Gasteiger partial charge is 0.346 e. The van der Waals surface area contributed by atoms with Gasteiger partial charge in [-0.25, -0.2) is 4.79 Å². The highest BCUT2D eigenvalue weighted by molar-refractivity contribution is 6.31. The van der Waals surface area contributed by atoms with E-state index in [0.29, 0.717) is 17.9 Å². The summed E-state index contributed by atoms with van der Waals surface area (Å²) in [6.45, 7) is 0. The van der Waals surface area contributed by atoms with Gasteiger partial charge in [0.25, 0.3) is 5.91 Å². The Labute approximate surface area is 147 Å². The molecule has 1 heterocycles. The number of phenolic OH excluding ortho intramolecular Hbond substituents is 1. The first-order chi connectivity index (χ1) is 11.8. The highest BCUT2D eigenvalue weighted by atomic mass is 35.5. The number of urea groups is 1. The maximum Gasteiger partial charge on any atom is 0.346 e. The number of nitro groups is 1. The molecule has 1 saturated heterocycles. The summed E-state index contributed by atoms with van der Waals surface area (Å²) in [6, 6.07) is 1.60. The number of carbonyl (C=O) groups is 2. The van der Waals surface area contributed by atoms with E-state index in [9.17, 15) is 24.8 Å². The highest BCUT2D eigenvalue weighted by Gasteiger charge is 2.51. The summed E-state index contributed by atoms with van der Waals surface area (Å²) in [6.07, 6.45) is 4.80. The van der Waals surface area contributed by atoms with E-state index < -0.39 is 33.8 Å². The number of hydrazone groups is 1. The van der Waals surface area contributed by atoms with Crippen LogP contribution in [0.3, 0.4) is 0 Å². The summed E-state index contributed by atoms with van der Waals surface area (Å²) in [5.41, 5.74) is -1.58.